The molecule has 0 spiro atoms. The maximum absolute atomic E-state index is 12.2. The maximum atomic E-state index is 12.2. The smallest absolute Gasteiger partial charge is 0.269 e. The first-order valence-electron chi connectivity index (χ1n) is 9.53. The number of hydrogen-bond acceptors (Lipinski definition) is 4. The van der Waals surface area contributed by atoms with E-state index in [0.29, 0.717) is 23.6 Å². The summed E-state index contributed by atoms with van der Waals surface area (Å²) in [6, 6.07) is 14.2. The minimum atomic E-state index is -0.389. The lowest BCUT2D eigenvalue weighted by molar-refractivity contribution is -0.122. The number of rotatable bonds is 7. The fraction of sp³-hybridized carbons (Fsp3) is 0.227. The van der Waals surface area contributed by atoms with E-state index in [2.05, 4.69) is 16.0 Å². The summed E-state index contributed by atoms with van der Waals surface area (Å²) in [6.45, 7) is 4.25. The summed E-state index contributed by atoms with van der Waals surface area (Å²) in [5.74, 6) is 0.0607. The predicted octanol–water partition coefficient (Wildman–Crippen LogP) is 3.76. The van der Waals surface area contributed by atoms with Gasteiger partial charge in [-0.3, -0.25) is 20.4 Å². The van der Waals surface area contributed by atoms with Crippen molar-refractivity contribution in [2.24, 2.45) is 0 Å². The molecule has 1 aromatic heterocycles. The summed E-state index contributed by atoms with van der Waals surface area (Å²) in [6.07, 6.45) is 2.46. The topological polar surface area (TPSA) is 85.3 Å². The van der Waals surface area contributed by atoms with Gasteiger partial charge in [-0.2, -0.15) is 5.10 Å². The van der Waals surface area contributed by atoms with E-state index in [9.17, 15) is 9.59 Å². The zero-order valence-corrected chi connectivity index (χ0v) is 17.6. The molecule has 0 aliphatic rings. The molecule has 0 bridgehead atoms. The van der Waals surface area contributed by atoms with Crippen LogP contribution >= 0.6 is 11.6 Å². The van der Waals surface area contributed by atoms with E-state index in [4.69, 9.17) is 16.3 Å². The number of hydrogen-bond donors (Lipinski definition) is 2. The summed E-state index contributed by atoms with van der Waals surface area (Å²) >= 11 is 5.91. The second kappa shape index (κ2) is 9.93. The van der Waals surface area contributed by atoms with Gasteiger partial charge in [0.1, 0.15) is 5.75 Å². The summed E-state index contributed by atoms with van der Waals surface area (Å²) in [4.78, 5) is 24.1. The zero-order chi connectivity index (χ0) is 21.5. The molecular weight excluding hydrogens is 404 g/mol. The molecule has 0 saturated heterocycles. The molecule has 0 fully saturated rings. The standard InChI is InChI=1S/C22H23ClN4O3/c1-15-14-18(23)7-10-20(15)30-13-3-4-21(28)25-26-22(29)17-5-8-19(9-6-17)27-16(2)11-12-24-27/h5-12,14H,3-4,13H2,1-2H3,(H,25,28)(H,26,29). The first-order chi connectivity index (χ1) is 14.4. The predicted molar refractivity (Wildman–Crippen MR) is 115 cm³/mol. The van der Waals surface area contributed by atoms with Crippen LogP contribution in [-0.2, 0) is 4.79 Å². The number of amides is 2. The molecule has 0 saturated carbocycles. The molecule has 30 heavy (non-hydrogen) atoms. The third-order valence-electron chi connectivity index (χ3n) is 4.46. The minimum Gasteiger partial charge on any atom is -0.493 e. The van der Waals surface area contributed by atoms with Crippen molar-refractivity contribution in [3.8, 4) is 11.4 Å². The highest BCUT2D eigenvalue weighted by Crippen LogP contribution is 2.21. The molecule has 0 unspecified atom stereocenters. The van der Waals surface area contributed by atoms with Gasteiger partial charge in [0.25, 0.3) is 5.91 Å². The van der Waals surface area contributed by atoms with Crippen LogP contribution in [0.15, 0.2) is 54.7 Å². The van der Waals surface area contributed by atoms with Gasteiger partial charge in [0.2, 0.25) is 5.91 Å². The highest BCUT2D eigenvalue weighted by Gasteiger charge is 2.09. The van der Waals surface area contributed by atoms with Gasteiger partial charge in [-0.25, -0.2) is 4.68 Å². The van der Waals surface area contributed by atoms with E-state index in [1.165, 1.54) is 0 Å². The first-order valence-corrected chi connectivity index (χ1v) is 9.91. The van der Waals surface area contributed by atoms with Crippen LogP contribution in [0.5, 0.6) is 5.75 Å². The van der Waals surface area contributed by atoms with Crippen LogP contribution in [0.25, 0.3) is 5.69 Å². The fourth-order valence-corrected chi connectivity index (χ4v) is 3.07. The van der Waals surface area contributed by atoms with E-state index in [-0.39, 0.29) is 18.2 Å². The largest absolute Gasteiger partial charge is 0.493 e. The highest BCUT2D eigenvalue weighted by molar-refractivity contribution is 6.30. The Kier molecular flexibility index (Phi) is 7.08. The van der Waals surface area contributed by atoms with Crippen LogP contribution in [-0.4, -0.2) is 28.2 Å². The quantitative estimate of drug-likeness (QED) is 0.445. The van der Waals surface area contributed by atoms with E-state index < -0.39 is 0 Å². The first kappa shape index (κ1) is 21.4. The Morgan fingerprint density at radius 1 is 1.07 bits per heavy atom. The summed E-state index contributed by atoms with van der Waals surface area (Å²) in [5, 5.41) is 4.88. The van der Waals surface area contributed by atoms with E-state index >= 15 is 0 Å². The molecule has 0 aliphatic carbocycles. The van der Waals surface area contributed by atoms with Gasteiger partial charge in [0.05, 0.1) is 12.3 Å². The van der Waals surface area contributed by atoms with Gasteiger partial charge in [-0.05, 0) is 74.4 Å². The van der Waals surface area contributed by atoms with Crippen LogP contribution in [0.4, 0.5) is 0 Å². The number of aryl methyl sites for hydroxylation is 2. The lowest BCUT2D eigenvalue weighted by Crippen LogP contribution is -2.41. The molecule has 156 valence electrons. The normalized spacial score (nSPS) is 10.5. The molecule has 7 nitrogen and oxygen atoms in total. The van der Waals surface area contributed by atoms with Crippen LogP contribution < -0.4 is 15.6 Å². The molecule has 3 aromatic rings. The number of carbonyl (C=O) groups excluding carboxylic acids is 2. The van der Waals surface area contributed by atoms with Crippen molar-refractivity contribution in [2.45, 2.75) is 26.7 Å². The second-order valence-corrected chi connectivity index (χ2v) is 7.23. The average Bonchev–Trinajstić information content (AvgIpc) is 3.16. The Hall–Kier alpha value is -3.32. The van der Waals surface area contributed by atoms with Crippen LogP contribution in [0.3, 0.4) is 0 Å². The van der Waals surface area contributed by atoms with Crippen molar-refractivity contribution in [1.82, 2.24) is 20.6 Å². The molecule has 1 heterocycles. The van der Waals surface area contributed by atoms with Gasteiger partial charge in [-0.1, -0.05) is 11.6 Å². The number of carbonyl (C=O) groups is 2. The third-order valence-corrected chi connectivity index (χ3v) is 4.70. The monoisotopic (exact) mass is 426 g/mol. The summed E-state index contributed by atoms with van der Waals surface area (Å²) in [5.41, 5.74) is 8.07. The average molecular weight is 427 g/mol. The van der Waals surface area contributed by atoms with E-state index in [1.807, 2.05) is 26.0 Å². The SMILES string of the molecule is Cc1cc(Cl)ccc1OCCCC(=O)NNC(=O)c1ccc(-n2nccc2C)cc1. The Morgan fingerprint density at radius 3 is 2.50 bits per heavy atom. The van der Waals surface area contributed by atoms with Gasteiger partial charge in [-0.15, -0.1) is 0 Å². The van der Waals surface area contributed by atoms with Crippen molar-refractivity contribution >= 4 is 23.4 Å². The molecule has 2 amide bonds. The molecule has 0 radical (unpaired) electrons. The van der Waals surface area contributed by atoms with Gasteiger partial charge in [0, 0.05) is 28.9 Å². The van der Waals surface area contributed by atoms with Gasteiger partial charge < -0.3 is 4.74 Å². The van der Waals surface area contributed by atoms with Crippen molar-refractivity contribution in [3.63, 3.8) is 0 Å². The molecule has 0 atom stereocenters. The lowest BCUT2D eigenvalue weighted by atomic mass is 10.2. The number of benzene rings is 2. The van der Waals surface area contributed by atoms with Crippen molar-refractivity contribution in [1.29, 1.82) is 0 Å². The molecular formula is C22H23ClN4O3. The lowest BCUT2D eigenvalue weighted by Gasteiger charge is -2.10. The van der Waals surface area contributed by atoms with E-state index in [1.54, 1.807) is 47.3 Å². The molecule has 0 aliphatic heterocycles. The van der Waals surface area contributed by atoms with Crippen LogP contribution in [0.2, 0.25) is 5.02 Å². The molecule has 2 N–H and O–H groups in total. The van der Waals surface area contributed by atoms with Crippen molar-refractivity contribution in [2.75, 3.05) is 6.61 Å². The number of nitrogens with one attached hydrogen (secondary N) is 2. The van der Waals surface area contributed by atoms with Crippen molar-refractivity contribution in [3.05, 3.63) is 76.6 Å². The zero-order valence-electron chi connectivity index (χ0n) is 16.8. The molecule has 8 heteroatoms. The summed E-state index contributed by atoms with van der Waals surface area (Å²) in [7, 11) is 0. The number of halogens is 1. The second-order valence-electron chi connectivity index (χ2n) is 6.80. The van der Waals surface area contributed by atoms with Gasteiger partial charge >= 0.3 is 0 Å². The van der Waals surface area contributed by atoms with Crippen LogP contribution in [0, 0.1) is 13.8 Å². The number of aromatic nitrogens is 2. The number of nitrogens with zero attached hydrogens (tertiary/aromatic N) is 2. The maximum Gasteiger partial charge on any atom is 0.269 e. The Balaban J connectivity index is 1.40. The fourth-order valence-electron chi connectivity index (χ4n) is 2.84. The van der Waals surface area contributed by atoms with Gasteiger partial charge in [0.15, 0.2) is 0 Å². The summed E-state index contributed by atoms with van der Waals surface area (Å²) < 4.78 is 7.43. The third kappa shape index (κ3) is 5.61. The number of hydrazine groups is 1. The Morgan fingerprint density at radius 2 is 1.83 bits per heavy atom. The molecule has 3 rings (SSSR count). The van der Waals surface area contributed by atoms with Crippen LogP contribution in [0.1, 0.15) is 34.5 Å². The molecule has 2 aromatic carbocycles. The Bertz CT molecular complexity index is 1030. The minimum absolute atomic E-state index is 0.227. The Labute approximate surface area is 180 Å². The van der Waals surface area contributed by atoms with Crippen molar-refractivity contribution < 1.29 is 14.3 Å². The number of ether oxygens (including phenoxy) is 1. The highest BCUT2D eigenvalue weighted by atomic mass is 35.5. The van der Waals surface area contributed by atoms with E-state index in [0.717, 1.165) is 22.7 Å².